The highest BCUT2D eigenvalue weighted by atomic mass is 16.6. The number of hydrogen-bond acceptors (Lipinski definition) is 2. The molecule has 0 N–H and O–H groups in total. The molecule has 20 heavy (non-hydrogen) atoms. The number of carbonyl (C=O) groups is 1. The fourth-order valence-electron chi connectivity index (χ4n) is 4.85. The van der Waals surface area contributed by atoms with E-state index in [2.05, 4.69) is 20.8 Å². The lowest BCUT2D eigenvalue weighted by atomic mass is 9.50. The van der Waals surface area contributed by atoms with E-state index in [1.807, 2.05) is 13.8 Å². The van der Waals surface area contributed by atoms with Crippen LogP contribution in [-0.2, 0) is 9.53 Å². The zero-order valence-electron chi connectivity index (χ0n) is 13.7. The van der Waals surface area contributed by atoms with Crippen molar-refractivity contribution in [3.8, 4) is 0 Å². The number of ether oxygens (including phenoxy) is 1. The molecule has 2 heteroatoms. The molecule has 0 aromatic rings. The smallest absolute Gasteiger partial charge is 0.312 e. The van der Waals surface area contributed by atoms with Crippen LogP contribution in [0.2, 0.25) is 0 Å². The van der Waals surface area contributed by atoms with E-state index in [9.17, 15) is 4.79 Å². The summed E-state index contributed by atoms with van der Waals surface area (Å²) in [6.45, 7) is 10.5. The summed E-state index contributed by atoms with van der Waals surface area (Å²) in [7, 11) is 0. The molecule has 4 fully saturated rings. The van der Waals surface area contributed by atoms with Crippen LogP contribution in [0.5, 0.6) is 0 Å². The van der Waals surface area contributed by atoms with Gasteiger partial charge < -0.3 is 4.74 Å². The van der Waals surface area contributed by atoms with E-state index in [1.165, 1.54) is 32.1 Å². The highest BCUT2D eigenvalue weighted by Crippen LogP contribution is 2.59. The fourth-order valence-corrected chi connectivity index (χ4v) is 4.85. The maximum absolute atomic E-state index is 12.7. The summed E-state index contributed by atoms with van der Waals surface area (Å²) in [5, 5.41) is 0. The van der Waals surface area contributed by atoms with Crippen LogP contribution in [0.25, 0.3) is 0 Å². The lowest BCUT2D eigenvalue weighted by molar-refractivity contribution is -0.213. The topological polar surface area (TPSA) is 26.3 Å². The minimum Gasteiger partial charge on any atom is -0.458 e. The summed E-state index contributed by atoms with van der Waals surface area (Å²) in [6.07, 6.45) is 6.60. The Hall–Kier alpha value is -0.530. The zero-order valence-corrected chi connectivity index (χ0v) is 13.7. The summed E-state index contributed by atoms with van der Waals surface area (Å²) in [6, 6.07) is 0. The van der Waals surface area contributed by atoms with Gasteiger partial charge in [0, 0.05) is 0 Å². The first kappa shape index (κ1) is 14.4. The van der Waals surface area contributed by atoms with Crippen molar-refractivity contribution in [3.63, 3.8) is 0 Å². The monoisotopic (exact) mass is 278 g/mol. The predicted octanol–water partition coefficient (Wildman–Crippen LogP) is 4.43. The van der Waals surface area contributed by atoms with Gasteiger partial charge in [-0.25, -0.2) is 0 Å². The van der Waals surface area contributed by atoms with Crippen LogP contribution in [-0.4, -0.2) is 11.6 Å². The maximum atomic E-state index is 12.7. The normalized spacial score (nSPS) is 43.1. The second-order valence-corrected chi connectivity index (χ2v) is 8.75. The van der Waals surface area contributed by atoms with Gasteiger partial charge in [-0.15, -0.1) is 0 Å². The van der Waals surface area contributed by atoms with Gasteiger partial charge in [-0.3, -0.25) is 4.79 Å². The summed E-state index contributed by atoms with van der Waals surface area (Å²) < 4.78 is 6.20. The molecule has 4 rings (SSSR count). The standard InChI is InChI=1S/C18H30O2/c1-11(2)17(3,4)16(19)20-18(5)14-7-12-6-13(9-14)10-15(18)8-12/h11-15H,6-10H2,1-5H3. The molecular weight excluding hydrogens is 248 g/mol. The van der Waals surface area contributed by atoms with E-state index in [0.29, 0.717) is 17.8 Å². The van der Waals surface area contributed by atoms with Gasteiger partial charge in [-0.05, 0) is 82.5 Å². The van der Waals surface area contributed by atoms with Crippen molar-refractivity contribution >= 4 is 5.97 Å². The summed E-state index contributed by atoms with van der Waals surface area (Å²) in [5.41, 5.74) is -0.561. The van der Waals surface area contributed by atoms with Crippen molar-refractivity contribution < 1.29 is 9.53 Å². The molecule has 0 amide bonds. The molecule has 0 saturated heterocycles. The average molecular weight is 278 g/mol. The molecule has 0 spiro atoms. The minimum absolute atomic E-state index is 0.0162. The summed E-state index contributed by atoms with van der Waals surface area (Å²) >= 11 is 0. The van der Waals surface area contributed by atoms with Gasteiger partial charge >= 0.3 is 5.97 Å². The second kappa shape index (κ2) is 4.48. The molecule has 2 nitrogen and oxygen atoms in total. The van der Waals surface area contributed by atoms with Crippen LogP contribution >= 0.6 is 0 Å². The number of esters is 1. The van der Waals surface area contributed by atoms with Crippen LogP contribution in [0.3, 0.4) is 0 Å². The Morgan fingerprint density at radius 2 is 1.50 bits per heavy atom. The van der Waals surface area contributed by atoms with Crippen LogP contribution in [0.1, 0.15) is 66.7 Å². The molecule has 0 aliphatic heterocycles. The molecule has 0 aromatic carbocycles. The lowest BCUT2D eigenvalue weighted by Gasteiger charge is -2.59. The molecule has 114 valence electrons. The third-order valence-corrected chi connectivity index (χ3v) is 7.04. The van der Waals surface area contributed by atoms with Crippen molar-refractivity contribution in [2.75, 3.05) is 0 Å². The Morgan fingerprint density at radius 1 is 1.05 bits per heavy atom. The third kappa shape index (κ3) is 2.02. The number of hydrogen-bond donors (Lipinski definition) is 0. The molecule has 0 heterocycles. The van der Waals surface area contributed by atoms with E-state index in [-0.39, 0.29) is 17.0 Å². The Bertz CT molecular complexity index is 380. The number of carbonyl (C=O) groups excluding carboxylic acids is 1. The third-order valence-electron chi connectivity index (χ3n) is 7.04. The highest BCUT2D eigenvalue weighted by molar-refractivity contribution is 5.76. The largest absolute Gasteiger partial charge is 0.458 e. The van der Waals surface area contributed by atoms with Crippen molar-refractivity contribution in [2.45, 2.75) is 72.3 Å². The average Bonchev–Trinajstić information content (AvgIpc) is 2.35. The van der Waals surface area contributed by atoms with E-state index >= 15 is 0 Å². The van der Waals surface area contributed by atoms with Gasteiger partial charge in [0.1, 0.15) is 5.60 Å². The first-order valence-electron chi connectivity index (χ1n) is 8.47. The Kier molecular flexibility index (Phi) is 3.23. The summed E-state index contributed by atoms with van der Waals surface area (Å²) in [4.78, 5) is 12.7. The van der Waals surface area contributed by atoms with Crippen molar-refractivity contribution in [1.82, 2.24) is 0 Å². The van der Waals surface area contributed by atoms with Gasteiger partial charge in [-0.1, -0.05) is 13.8 Å². The van der Waals surface area contributed by atoms with Crippen molar-refractivity contribution in [1.29, 1.82) is 0 Å². The molecule has 0 unspecified atom stereocenters. The van der Waals surface area contributed by atoms with Gasteiger partial charge in [-0.2, -0.15) is 0 Å². The zero-order chi connectivity index (χ0) is 14.7. The Morgan fingerprint density at radius 3 is 1.90 bits per heavy atom. The Labute approximate surface area is 123 Å². The summed E-state index contributed by atoms with van der Waals surface area (Å²) in [5.74, 6) is 3.40. The lowest BCUT2D eigenvalue weighted by Crippen LogP contribution is -2.59. The predicted molar refractivity (Wildman–Crippen MR) is 80.2 cm³/mol. The highest BCUT2D eigenvalue weighted by Gasteiger charge is 2.57. The quantitative estimate of drug-likeness (QED) is 0.714. The first-order valence-corrected chi connectivity index (χ1v) is 8.47. The fraction of sp³-hybridized carbons (Fsp3) is 0.944. The maximum Gasteiger partial charge on any atom is 0.312 e. The van der Waals surface area contributed by atoms with Crippen molar-refractivity contribution in [3.05, 3.63) is 0 Å². The SMILES string of the molecule is CC(C)C(C)(C)C(=O)OC1(C)C2CC3CC(C2)CC1C3. The van der Waals surface area contributed by atoms with Crippen LogP contribution in [0, 0.1) is 35.0 Å². The van der Waals surface area contributed by atoms with E-state index in [1.54, 1.807) is 0 Å². The van der Waals surface area contributed by atoms with Gasteiger partial charge in [0.2, 0.25) is 0 Å². The van der Waals surface area contributed by atoms with E-state index in [4.69, 9.17) is 4.74 Å². The van der Waals surface area contributed by atoms with Crippen LogP contribution < -0.4 is 0 Å². The molecule has 4 saturated carbocycles. The second-order valence-electron chi connectivity index (χ2n) is 8.75. The Balaban J connectivity index is 1.78. The minimum atomic E-state index is -0.377. The van der Waals surface area contributed by atoms with E-state index < -0.39 is 0 Å². The van der Waals surface area contributed by atoms with Crippen molar-refractivity contribution in [2.24, 2.45) is 35.0 Å². The molecule has 0 atom stereocenters. The molecule has 4 bridgehead atoms. The van der Waals surface area contributed by atoms with Crippen LogP contribution in [0.4, 0.5) is 0 Å². The van der Waals surface area contributed by atoms with E-state index in [0.717, 1.165) is 11.8 Å². The van der Waals surface area contributed by atoms with Crippen LogP contribution in [0.15, 0.2) is 0 Å². The number of rotatable bonds is 3. The molecule has 4 aliphatic rings. The molecular formula is C18H30O2. The van der Waals surface area contributed by atoms with Gasteiger partial charge in [0.25, 0.3) is 0 Å². The van der Waals surface area contributed by atoms with Gasteiger partial charge in [0.15, 0.2) is 0 Å². The molecule has 0 aromatic heterocycles. The molecule has 0 radical (unpaired) electrons. The first-order chi connectivity index (χ1) is 9.23. The molecule has 4 aliphatic carbocycles. The van der Waals surface area contributed by atoms with Gasteiger partial charge in [0.05, 0.1) is 5.41 Å².